The van der Waals surface area contributed by atoms with Gasteiger partial charge in [0, 0.05) is 42.2 Å². The Bertz CT molecular complexity index is 1440. The summed E-state index contributed by atoms with van der Waals surface area (Å²) in [6.45, 7) is 0.510. The minimum atomic E-state index is -0.485. The minimum absolute atomic E-state index is 0.424. The van der Waals surface area contributed by atoms with Crippen LogP contribution in [0.2, 0.25) is 0 Å². The summed E-state index contributed by atoms with van der Waals surface area (Å²) < 4.78 is 23.0. The standard InChI is InChI=1S/C22H18FN7O/c1-31-22-19-16(5-7-30(19)27-12-26-22)15-9-17-20(25-10-15)28-21(14-2-3-14)29(17)11-13-4-6-24-18(23)8-13/h4-10,12,14H,2-3,11H2,1H3. The number of hydrogen-bond acceptors (Lipinski definition) is 6. The second kappa shape index (κ2) is 6.83. The maximum atomic E-state index is 13.7. The number of hydrogen-bond donors (Lipinski definition) is 0. The van der Waals surface area contributed by atoms with E-state index in [0.29, 0.717) is 24.0 Å². The van der Waals surface area contributed by atoms with Crippen molar-refractivity contribution in [2.75, 3.05) is 7.11 Å². The van der Waals surface area contributed by atoms with Crippen LogP contribution in [-0.4, -0.2) is 41.2 Å². The van der Waals surface area contributed by atoms with Crippen LogP contribution in [0.5, 0.6) is 5.88 Å². The Balaban J connectivity index is 1.53. The predicted octanol–water partition coefficient (Wildman–Crippen LogP) is 3.61. The van der Waals surface area contributed by atoms with Gasteiger partial charge in [-0.2, -0.15) is 14.5 Å². The van der Waals surface area contributed by atoms with Crippen LogP contribution in [0.1, 0.15) is 30.1 Å². The van der Waals surface area contributed by atoms with Crippen LogP contribution in [0.25, 0.3) is 27.8 Å². The summed E-state index contributed by atoms with van der Waals surface area (Å²) in [5.41, 5.74) is 5.04. The zero-order valence-electron chi connectivity index (χ0n) is 16.7. The van der Waals surface area contributed by atoms with Gasteiger partial charge in [-0.15, -0.1) is 0 Å². The third-order valence-corrected chi connectivity index (χ3v) is 5.63. The lowest BCUT2D eigenvalue weighted by molar-refractivity contribution is 0.399. The maximum Gasteiger partial charge on any atom is 0.241 e. The summed E-state index contributed by atoms with van der Waals surface area (Å²) in [5.74, 6) is 1.43. The summed E-state index contributed by atoms with van der Waals surface area (Å²) in [5, 5.41) is 4.26. The first-order valence-electron chi connectivity index (χ1n) is 10.0. The number of ether oxygens (including phenoxy) is 1. The van der Waals surface area contributed by atoms with E-state index in [1.165, 1.54) is 18.6 Å². The molecule has 8 nitrogen and oxygen atoms in total. The molecule has 9 heteroatoms. The molecule has 0 saturated heterocycles. The Hall–Kier alpha value is -3.88. The average Bonchev–Trinajstić information content (AvgIpc) is 3.44. The number of nitrogens with zero attached hydrogens (tertiary/aromatic N) is 7. The van der Waals surface area contributed by atoms with Gasteiger partial charge in [0.05, 0.1) is 12.6 Å². The summed E-state index contributed by atoms with van der Waals surface area (Å²) in [6.07, 6.45) is 8.85. The van der Waals surface area contributed by atoms with Gasteiger partial charge in [-0.3, -0.25) is 0 Å². The molecule has 31 heavy (non-hydrogen) atoms. The van der Waals surface area contributed by atoms with Gasteiger partial charge in [0.25, 0.3) is 0 Å². The summed E-state index contributed by atoms with van der Waals surface area (Å²) in [7, 11) is 1.59. The molecule has 6 rings (SSSR count). The number of rotatable bonds is 5. The van der Waals surface area contributed by atoms with Gasteiger partial charge in [0.15, 0.2) is 5.65 Å². The molecule has 5 aromatic rings. The van der Waals surface area contributed by atoms with E-state index in [2.05, 4.69) is 30.7 Å². The number of imidazole rings is 1. The second-order valence-electron chi connectivity index (χ2n) is 7.68. The van der Waals surface area contributed by atoms with Crippen molar-refractivity contribution in [1.82, 2.24) is 34.1 Å². The van der Waals surface area contributed by atoms with Crippen molar-refractivity contribution in [2.45, 2.75) is 25.3 Å². The molecule has 0 aliphatic heterocycles. The Labute approximate surface area is 176 Å². The third kappa shape index (κ3) is 3.00. The van der Waals surface area contributed by atoms with E-state index in [1.807, 2.05) is 24.5 Å². The lowest BCUT2D eigenvalue weighted by atomic mass is 10.1. The molecule has 0 bridgehead atoms. The highest BCUT2D eigenvalue weighted by molar-refractivity contribution is 5.88. The van der Waals surface area contributed by atoms with Crippen molar-refractivity contribution in [3.8, 4) is 17.0 Å². The maximum absolute atomic E-state index is 13.7. The first kappa shape index (κ1) is 17.9. The first-order valence-corrected chi connectivity index (χ1v) is 10.0. The van der Waals surface area contributed by atoms with Crippen LogP contribution in [-0.2, 0) is 6.54 Å². The highest BCUT2D eigenvalue weighted by Crippen LogP contribution is 2.41. The molecule has 0 amide bonds. The number of methoxy groups -OCH3 is 1. The van der Waals surface area contributed by atoms with Gasteiger partial charge in [0.2, 0.25) is 11.8 Å². The van der Waals surface area contributed by atoms with Crippen LogP contribution in [0.15, 0.2) is 49.2 Å². The van der Waals surface area contributed by atoms with Gasteiger partial charge in [0.1, 0.15) is 17.7 Å². The molecule has 0 aromatic carbocycles. The van der Waals surface area contributed by atoms with Crippen molar-refractivity contribution in [3.05, 3.63) is 66.5 Å². The fraction of sp³-hybridized carbons (Fsp3) is 0.227. The van der Waals surface area contributed by atoms with Crippen molar-refractivity contribution in [2.24, 2.45) is 0 Å². The van der Waals surface area contributed by atoms with Crippen molar-refractivity contribution >= 4 is 16.7 Å². The Kier molecular flexibility index (Phi) is 3.95. The molecule has 1 aliphatic rings. The molecule has 0 N–H and O–H groups in total. The van der Waals surface area contributed by atoms with Crippen molar-refractivity contribution < 1.29 is 9.13 Å². The SMILES string of the molecule is COc1ncnn2ccc(-c3cnc4nc(C5CC5)n(Cc5ccnc(F)c5)c4c3)c12. The number of fused-ring (bicyclic) bond motifs is 2. The number of halogens is 1. The van der Waals surface area contributed by atoms with Crippen LogP contribution < -0.4 is 4.74 Å². The van der Waals surface area contributed by atoms with Crippen LogP contribution in [0.4, 0.5) is 4.39 Å². The molecule has 0 spiro atoms. The topological polar surface area (TPSA) is 83.0 Å². The Morgan fingerprint density at radius 2 is 2.06 bits per heavy atom. The van der Waals surface area contributed by atoms with Crippen molar-refractivity contribution in [3.63, 3.8) is 0 Å². The fourth-order valence-corrected chi connectivity index (χ4v) is 4.02. The van der Waals surface area contributed by atoms with E-state index in [0.717, 1.165) is 46.4 Å². The molecule has 5 heterocycles. The van der Waals surface area contributed by atoms with E-state index in [-0.39, 0.29) is 0 Å². The lowest BCUT2D eigenvalue weighted by Gasteiger charge is -2.10. The van der Waals surface area contributed by atoms with Crippen LogP contribution in [0, 0.1) is 5.95 Å². The normalized spacial score (nSPS) is 13.9. The smallest absolute Gasteiger partial charge is 0.241 e. The Morgan fingerprint density at radius 1 is 1.16 bits per heavy atom. The van der Waals surface area contributed by atoms with E-state index in [9.17, 15) is 4.39 Å². The third-order valence-electron chi connectivity index (χ3n) is 5.63. The molecular formula is C22H18FN7O. The number of aromatic nitrogens is 7. The van der Waals surface area contributed by atoms with E-state index in [1.54, 1.807) is 11.6 Å². The van der Waals surface area contributed by atoms with Gasteiger partial charge in [-0.05, 0) is 42.7 Å². The zero-order chi connectivity index (χ0) is 20.9. The van der Waals surface area contributed by atoms with Crippen LogP contribution in [0.3, 0.4) is 0 Å². The molecule has 154 valence electrons. The molecule has 1 aliphatic carbocycles. The van der Waals surface area contributed by atoms with Gasteiger partial charge < -0.3 is 9.30 Å². The molecule has 0 atom stereocenters. The fourth-order valence-electron chi connectivity index (χ4n) is 4.02. The molecular weight excluding hydrogens is 397 g/mol. The predicted molar refractivity (Wildman–Crippen MR) is 111 cm³/mol. The van der Waals surface area contributed by atoms with E-state index >= 15 is 0 Å². The molecule has 5 aromatic heterocycles. The van der Waals surface area contributed by atoms with Crippen LogP contribution >= 0.6 is 0 Å². The summed E-state index contributed by atoms with van der Waals surface area (Å²) >= 11 is 0. The molecule has 0 unspecified atom stereocenters. The van der Waals surface area contributed by atoms with Crippen molar-refractivity contribution in [1.29, 1.82) is 0 Å². The Morgan fingerprint density at radius 3 is 2.87 bits per heavy atom. The monoisotopic (exact) mass is 415 g/mol. The average molecular weight is 415 g/mol. The van der Waals surface area contributed by atoms with E-state index < -0.39 is 5.95 Å². The number of pyridine rings is 2. The highest BCUT2D eigenvalue weighted by Gasteiger charge is 2.30. The first-order chi connectivity index (χ1) is 15.2. The van der Waals surface area contributed by atoms with Gasteiger partial charge in [-0.1, -0.05) is 0 Å². The lowest BCUT2D eigenvalue weighted by Crippen LogP contribution is -2.05. The van der Waals surface area contributed by atoms with Gasteiger partial charge >= 0.3 is 0 Å². The molecule has 0 radical (unpaired) electrons. The summed E-state index contributed by atoms with van der Waals surface area (Å²) in [4.78, 5) is 17.3. The molecule has 1 saturated carbocycles. The zero-order valence-corrected chi connectivity index (χ0v) is 16.7. The van der Waals surface area contributed by atoms with E-state index in [4.69, 9.17) is 9.72 Å². The molecule has 1 fully saturated rings. The largest absolute Gasteiger partial charge is 0.479 e. The van der Waals surface area contributed by atoms with Gasteiger partial charge in [-0.25, -0.2) is 19.5 Å². The quantitative estimate of drug-likeness (QED) is 0.408. The highest BCUT2D eigenvalue weighted by atomic mass is 19.1. The summed E-state index contributed by atoms with van der Waals surface area (Å²) in [6, 6.07) is 7.33. The second-order valence-corrected chi connectivity index (χ2v) is 7.68. The minimum Gasteiger partial charge on any atom is -0.479 e.